The summed E-state index contributed by atoms with van der Waals surface area (Å²) in [5.74, 6) is 0. The van der Waals surface area contributed by atoms with Gasteiger partial charge in [-0.3, -0.25) is 4.31 Å². The maximum absolute atomic E-state index is 13.1. The highest BCUT2D eigenvalue weighted by atomic mass is 32.2. The first-order valence-electron chi connectivity index (χ1n) is 7.57. The van der Waals surface area contributed by atoms with Gasteiger partial charge in [0.05, 0.1) is 23.2 Å². The lowest BCUT2D eigenvalue weighted by atomic mass is 10.1. The fourth-order valence-corrected chi connectivity index (χ4v) is 4.26. The molecule has 0 radical (unpaired) electrons. The number of sulfonamides is 1. The van der Waals surface area contributed by atoms with Crippen molar-refractivity contribution in [1.82, 2.24) is 0 Å². The zero-order chi connectivity index (χ0) is 17.2. The molecule has 23 heavy (non-hydrogen) atoms. The van der Waals surface area contributed by atoms with Gasteiger partial charge >= 0.3 is 0 Å². The molecule has 0 aliphatic heterocycles. The molecule has 1 N–H and O–H groups in total. The molecule has 1 atom stereocenters. The monoisotopic (exact) mass is 333 g/mol. The van der Waals surface area contributed by atoms with E-state index in [0.717, 1.165) is 16.7 Å². The number of nitrogens with zero attached hydrogens (tertiary/aromatic N) is 1. The number of aryl methyl sites for hydroxylation is 3. The number of rotatable bonds is 5. The third-order valence-corrected chi connectivity index (χ3v) is 5.51. The number of hydrogen-bond acceptors (Lipinski definition) is 3. The summed E-state index contributed by atoms with van der Waals surface area (Å²) in [6, 6.07) is 12.4. The van der Waals surface area contributed by atoms with E-state index >= 15 is 0 Å². The maximum atomic E-state index is 13.1. The van der Waals surface area contributed by atoms with E-state index in [9.17, 15) is 13.5 Å². The van der Waals surface area contributed by atoms with Crippen LogP contribution in [0.15, 0.2) is 47.4 Å². The van der Waals surface area contributed by atoms with Crippen LogP contribution in [0.5, 0.6) is 0 Å². The van der Waals surface area contributed by atoms with E-state index < -0.39 is 16.1 Å². The number of para-hydroxylation sites is 1. The van der Waals surface area contributed by atoms with E-state index in [0.29, 0.717) is 5.69 Å². The first-order valence-corrected chi connectivity index (χ1v) is 9.01. The third kappa shape index (κ3) is 3.74. The summed E-state index contributed by atoms with van der Waals surface area (Å²) in [6.45, 7) is 7.27. The lowest BCUT2D eigenvalue weighted by Crippen LogP contribution is -2.37. The fourth-order valence-electron chi connectivity index (χ4n) is 2.59. The summed E-state index contributed by atoms with van der Waals surface area (Å²) in [6.07, 6.45) is -0.769. The summed E-state index contributed by atoms with van der Waals surface area (Å²) in [7, 11) is -3.74. The third-order valence-electron chi connectivity index (χ3n) is 3.73. The predicted molar refractivity (Wildman–Crippen MR) is 93.3 cm³/mol. The quantitative estimate of drug-likeness (QED) is 0.914. The van der Waals surface area contributed by atoms with Gasteiger partial charge < -0.3 is 5.11 Å². The Morgan fingerprint density at radius 3 is 2.00 bits per heavy atom. The van der Waals surface area contributed by atoms with Crippen LogP contribution in [0.25, 0.3) is 0 Å². The van der Waals surface area contributed by atoms with E-state index in [-0.39, 0.29) is 11.4 Å². The van der Waals surface area contributed by atoms with Crippen LogP contribution in [-0.2, 0) is 10.0 Å². The van der Waals surface area contributed by atoms with Gasteiger partial charge in [-0.05, 0) is 51.0 Å². The van der Waals surface area contributed by atoms with Crippen molar-refractivity contribution in [2.24, 2.45) is 0 Å². The van der Waals surface area contributed by atoms with Gasteiger partial charge in [-0.25, -0.2) is 8.42 Å². The Morgan fingerprint density at radius 2 is 1.52 bits per heavy atom. The summed E-state index contributed by atoms with van der Waals surface area (Å²) >= 11 is 0. The molecular formula is C18H23NO3S. The molecule has 0 fully saturated rings. The summed E-state index contributed by atoms with van der Waals surface area (Å²) in [4.78, 5) is 0.228. The van der Waals surface area contributed by atoms with E-state index in [1.54, 1.807) is 31.2 Å². The van der Waals surface area contributed by atoms with Crippen molar-refractivity contribution in [1.29, 1.82) is 0 Å². The number of benzene rings is 2. The molecule has 0 amide bonds. The molecule has 124 valence electrons. The fraction of sp³-hybridized carbons (Fsp3) is 0.333. The van der Waals surface area contributed by atoms with Gasteiger partial charge in [0.25, 0.3) is 10.0 Å². The highest BCUT2D eigenvalue weighted by Gasteiger charge is 2.28. The molecule has 0 saturated heterocycles. The molecule has 0 saturated carbocycles. The molecule has 0 aromatic heterocycles. The number of anilines is 1. The number of hydrogen-bond donors (Lipinski definition) is 1. The topological polar surface area (TPSA) is 57.6 Å². The maximum Gasteiger partial charge on any atom is 0.264 e. The minimum absolute atomic E-state index is 0.0158. The molecule has 2 aromatic rings. The summed E-state index contributed by atoms with van der Waals surface area (Å²) in [5.41, 5.74) is 3.36. The first kappa shape index (κ1) is 17.5. The predicted octanol–water partition coefficient (Wildman–Crippen LogP) is 3.19. The second-order valence-electron chi connectivity index (χ2n) is 5.94. The average Bonchev–Trinajstić information content (AvgIpc) is 2.46. The Kier molecular flexibility index (Phi) is 5.12. The van der Waals surface area contributed by atoms with Gasteiger partial charge in [0, 0.05) is 0 Å². The highest BCUT2D eigenvalue weighted by Crippen LogP contribution is 2.30. The zero-order valence-corrected chi connectivity index (χ0v) is 14.8. The summed E-state index contributed by atoms with van der Waals surface area (Å²) < 4.78 is 27.5. The molecular weight excluding hydrogens is 310 g/mol. The molecule has 0 spiro atoms. The molecule has 5 heteroatoms. The van der Waals surface area contributed by atoms with Crippen molar-refractivity contribution < 1.29 is 13.5 Å². The zero-order valence-electron chi connectivity index (χ0n) is 13.9. The Bertz CT molecular complexity index is 760. The minimum atomic E-state index is -3.74. The summed E-state index contributed by atoms with van der Waals surface area (Å²) in [5, 5.41) is 9.81. The highest BCUT2D eigenvalue weighted by molar-refractivity contribution is 7.92. The van der Waals surface area contributed by atoms with E-state index in [1.807, 2.05) is 39.0 Å². The van der Waals surface area contributed by atoms with Gasteiger partial charge in [-0.1, -0.05) is 35.9 Å². The van der Waals surface area contributed by atoms with Crippen LogP contribution in [0.4, 0.5) is 5.69 Å². The Labute approximate surface area is 138 Å². The van der Waals surface area contributed by atoms with Crippen molar-refractivity contribution in [3.63, 3.8) is 0 Å². The lowest BCUT2D eigenvalue weighted by molar-refractivity contribution is 0.204. The molecule has 4 nitrogen and oxygen atoms in total. The van der Waals surface area contributed by atoms with Crippen molar-refractivity contribution in [3.05, 3.63) is 59.2 Å². The van der Waals surface area contributed by atoms with Crippen LogP contribution in [0.2, 0.25) is 0 Å². The van der Waals surface area contributed by atoms with Crippen LogP contribution in [-0.4, -0.2) is 26.2 Å². The van der Waals surface area contributed by atoms with E-state index in [1.165, 1.54) is 4.31 Å². The van der Waals surface area contributed by atoms with Crippen LogP contribution < -0.4 is 4.31 Å². The number of aliphatic hydroxyl groups excluding tert-OH is 1. The van der Waals surface area contributed by atoms with Gasteiger partial charge in [0.15, 0.2) is 0 Å². The molecule has 2 aromatic carbocycles. The van der Waals surface area contributed by atoms with Crippen LogP contribution in [0.1, 0.15) is 23.6 Å². The van der Waals surface area contributed by atoms with Gasteiger partial charge in [-0.15, -0.1) is 0 Å². The molecule has 0 aliphatic rings. The average molecular weight is 333 g/mol. The Hall–Kier alpha value is -1.85. The lowest BCUT2D eigenvalue weighted by Gasteiger charge is -2.28. The van der Waals surface area contributed by atoms with Crippen molar-refractivity contribution in [3.8, 4) is 0 Å². The Morgan fingerprint density at radius 1 is 1.00 bits per heavy atom. The number of aliphatic hydroxyl groups is 1. The van der Waals surface area contributed by atoms with E-state index in [2.05, 4.69) is 0 Å². The largest absolute Gasteiger partial charge is 0.392 e. The SMILES string of the molecule is Cc1ccc(S(=O)(=O)N(CC(C)O)c2c(C)cccc2C)cc1. The van der Waals surface area contributed by atoms with Crippen molar-refractivity contribution in [2.75, 3.05) is 10.8 Å². The normalized spacial score (nSPS) is 12.9. The molecule has 0 bridgehead atoms. The van der Waals surface area contributed by atoms with Gasteiger partial charge in [-0.2, -0.15) is 0 Å². The smallest absolute Gasteiger partial charge is 0.264 e. The molecule has 0 aliphatic carbocycles. The molecule has 2 rings (SSSR count). The second-order valence-corrected chi connectivity index (χ2v) is 7.80. The van der Waals surface area contributed by atoms with Gasteiger partial charge in [0.2, 0.25) is 0 Å². The first-order chi connectivity index (χ1) is 10.7. The van der Waals surface area contributed by atoms with Crippen molar-refractivity contribution >= 4 is 15.7 Å². The molecule has 1 unspecified atom stereocenters. The van der Waals surface area contributed by atoms with Crippen LogP contribution in [0.3, 0.4) is 0 Å². The second kappa shape index (κ2) is 6.72. The standard InChI is InChI=1S/C18H23NO3S/c1-13-8-10-17(11-9-13)23(21,22)19(12-16(4)20)18-14(2)6-5-7-15(18)3/h5-11,16,20H,12H2,1-4H3. The molecule has 0 heterocycles. The van der Waals surface area contributed by atoms with Gasteiger partial charge in [0.1, 0.15) is 0 Å². The van der Waals surface area contributed by atoms with Crippen LogP contribution >= 0.6 is 0 Å². The van der Waals surface area contributed by atoms with Crippen molar-refractivity contribution in [2.45, 2.75) is 38.7 Å². The Balaban J connectivity index is 2.61. The van der Waals surface area contributed by atoms with E-state index in [4.69, 9.17) is 0 Å². The minimum Gasteiger partial charge on any atom is -0.392 e. The van der Waals surface area contributed by atoms with Crippen LogP contribution in [0, 0.1) is 20.8 Å².